The second-order valence-electron chi connectivity index (χ2n) is 7.80. The number of nitrogens with zero attached hydrogens (tertiary/aromatic N) is 4. The van der Waals surface area contributed by atoms with E-state index in [1.165, 1.54) is 11.6 Å². The van der Waals surface area contributed by atoms with Crippen molar-refractivity contribution in [1.29, 1.82) is 0 Å². The SMILES string of the molecule is Cc1ccccc1-c1nc(SCC(=O)NC[C@@H]2CCCO2)c2c(=O)n(C)c(=O)n(C)c2n1. The number of benzene rings is 1. The Hall–Kier alpha value is -2.98. The Morgan fingerprint density at radius 3 is 2.72 bits per heavy atom. The highest BCUT2D eigenvalue weighted by Gasteiger charge is 2.20. The lowest BCUT2D eigenvalue weighted by molar-refractivity contribution is -0.119. The molecule has 0 unspecified atom stereocenters. The third-order valence-electron chi connectivity index (χ3n) is 5.54. The van der Waals surface area contributed by atoms with Crippen molar-refractivity contribution in [2.75, 3.05) is 18.9 Å². The summed E-state index contributed by atoms with van der Waals surface area (Å²) in [4.78, 5) is 47.0. The molecule has 9 nitrogen and oxygen atoms in total. The van der Waals surface area contributed by atoms with E-state index in [2.05, 4.69) is 15.3 Å². The van der Waals surface area contributed by atoms with Crippen LogP contribution in [0.15, 0.2) is 38.9 Å². The maximum atomic E-state index is 12.9. The molecule has 1 atom stereocenters. The average molecular weight is 456 g/mol. The van der Waals surface area contributed by atoms with Crippen LogP contribution in [0.2, 0.25) is 0 Å². The Kier molecular flexibility index (Phi) is 6.43. The molecule has 0 bridgehead atoms. The minimum atomic E-state index is -0.485. The van der Waals surface area contributed by atoms with Crippen LogP contribution in [0.1, 0.15) is 18.4 Å². The van der Waals surface area contributed by atoms with Crippen molar-refractivity contribution in [3.63, 3.8) is 0 Å². The second-order valence-corrected chi connectivity index (χ2v) is 8.76. The van der Waals surface area contributed by atoms with Gasteiger partial charge in [-0.1, -0.05) is 36.0 Å². The van der Waals surface area contributed by atoms with E-state index in [1.54, 1.807) is 7.05 Å². The summed E-state index contributed by atoms with van der Waals surface area (Å²) in [6.07, 6.45) is 2.00. The van der Waals surface area contributed by atoms with Crippen molar-refractivity contribution >= 4 is 28.7 Å². The lowest BCUT2D eigenvalue weighted by atomic mass is 10.1. The number of ether oxygens (including phenoxy) is 1. The predicted octanol–water partition coefficient (Wildman–Crippen LogP) is 1.39. The molecule has 0 aliphatic carbocycles. The summed E-state index contributed by atoms with van der Waals surface area (Å²) in [6.45, 7) is 3.14. The van der Waals surface area contributed by atoms with Gasteiger partial charge in [-0.15, -0.1) is 0 Å². The molecule has 3 aromatic rings. The summed E-state index contributed by atoms with van der Waals surface area (Å²) in [5.41, 5.74) is 1.05. The zero-order chi connectivity index (χ0) is 22.8. The van der Waals surface area contributed by atoms with E-state index in [-0.39, 0.29) is 28.8 Å². The fourth-order valence-electron chi connectivity index (χ4n) is 3.70. The van der Waals surface area contributed by atoms with Crippen molar-refractivity contribution in [1.82, 2.24) is 24.4 Å². The van der Waals surface area contributed by atoms with Crippen molar-refractivity contribution < 1.29 is 9.53 Å². The lowest BCUT2D eigenvalue weighted by Gasteiger charge is -2.13. The van der Waals surface area contributed by atoms with Crippen LogP contribution >= 0.6 is 11.8 Å². The molecule has 1 N–H and O–H groups in total. The Bertz CT molecular complexity index is 1290. The zero-order valence-electron chi connectivity index (χ0n) is 18.3. The van der Waals surface area contributed by atoms with Gasteiger partial charge in [0, 0.05) is 32.8 Å². The van der Waals surface area contributed by atoms with E-state index in [0.717, 1.165) is 46.9 Å². The van der Waals surface area contributed by atoms with E-state index in [0.29, 0.717) is 17.4 Å². The fraction of sp³-hybridized carbons (Fsp3) is 0.409. The number of carbonyl (C=O) groups is 1. The molecule has 1 aliphatic heterocycles. The fourth-order valence-corrected chi connectivity index (χ4v) is 4.54. The van der Waals surface area contributed by atoms with Gasteiger partial charge < -0.3 is 10.1 Å². The first-order chi connectivity index (χ1) is 15.4. The lowest BCUT2D eigenvalue weighted by Crippen LogP contribution is -2.38. The minimum absolute atomic E-state index is 0.0540. The average Bonchev–Trinajstić information content (AvgIpc) is 3.32. The monoisotopic (exact) mass is 455 g/mol. The Morgan fingerprint density at radius 1 is 1.22 bits per heavy atom. The van der Waals surface area contributed by atoms with Crippen LogP contribution in [0.4, 0.5) is 0 Å². The number of hydrogen-bond acceptors (Lipinski definition) is 7. The van der Waals surface area contributed by atoms with E-state index in [9.17, 15) is 14.4 Å². The Labute approximate surface area is 188 Å². The number of thioether (sulfide) groups is 1. The van der Waals surface area contributed by atoms with E-state index in [1.807, 2.05) is 31.2 Å². The smallest absolute Gasteiger partial charge is 0.332 e. The van der Waals surface area contributed by atoms with E-state index < -0.39 is 11.2 Å². The molecule has 4 rings (SSSR count). The molecular formula is C22H25N5O4S. The van der Waals surface area contributed by atoms with Gasteiger partial charge in [0.2, 0.25) is 5.91 Å². The second kappa shape index (κ2) is 9.25. The highest BCUT2D eigenvalue weighted by molar-refractivity contribution is 8.00. The van der Waals surface area contributed by atoms with Crippen LogP contribution in [0.3, 0.4) is 0 Å². The number of carbonyl (C=O) groups excluding carboxylic acids is 1. The van der Waals surface area contributed by atoms with Gasteiger partial charge in [-0.3, -0.25) is 18.7 Å². The third kappa shape index (κ3) is 4.33. The van der Waals surface area contributed by atoms with Gasteiger partial charge in [-0.05, 0) is 25.3 Å². The molecule has 1 saturated heterocycles. The normalized spacial score (nSPS) is 15.9. The Morgan fingerprint density at radius 2 is 2.00 bits per heavy atom. The number of fused-ring (bicyclic) bond motifs is 1. The van der Waals surface area contributed by atoms with Crippen molar-refractivity contribution in [2.45, 2.75) is 30.9 Å². The predicted molar refractivity (Wildman–Crippen MR) is 123 cm³/mol. The number of amides is 1. The van der Waals surface area contributed by atoms with Gasteiger partial charge in [0.25, 0.3) is 5.56 Å². The van der Waals surface area contributed by atoms with Gasteiger partial charge in [0.05, 0.1) is 11.9 Å². The molecule has 1 amide bonds. The summed E-state index contributed by atoms with van der Waals surface area (Å²) in [6, 6.07) is 7.62. The van der Waals surface area contributed by atoms with Gasteiger partial charge in [0.1, 0.15) is 10.4 Å². The zero-order valence-corrected chi connectivity index (χ0v) is 19.1. The van der Waals surface area contributed by atoms with E-state index in [4.69, 9.17) is 4.74 Å². The summed E-state index contributed by atoms with van der Waals surface area (Å²) < 4.78 is 7.90. The maximum Gasteiger partial charge on any atom is 0.332 e. The summed E-state index contributed by atoms with van der Waals surface area (Å²) in [7, 11) is 2.99. The summed E-state index contributed by atoms with van der Waals surface area (Å²) >= 11 is 1.16. The highest BCUT2D eigenvalue weighted by Crippen LogP contribution is 2.27. The summed E-state index contributed by atoms with van der Waals surface area (Å²) in [5.74, 6) is 0.315. The number of nitrogens with one attached hydrogen (secondary N) is 1. The molecule has 10 heteroatoms. The molecule has 0 spiro atoms. The number of rotatable bonds is 6. The topological polar surface area (TPSA) is 108 Å². The van der Waals surface area contributed by atoms with Crippen molar-refractivity contribution in [2.24, 2.45) is 14.1 Å². The van der Waals surface area contributed by atoms with Gasteiger partial charge >= 0.3 is 5.69 Å². The van der Waals surface area contributed by atoms with Crippen LogP contribution < -0.4 is 16.6 Å². The Balaban J connectivity index is 1.72. The molecule has 1 fully saturated rings. The van der Waals surface area contributed by atoms with Crippen molar-refractivity contribution in [3.05, 3.63) is 50.7 Å². The van der Waals surface area contributed by atoms with Crippen LogP contribution in [0.25, 0.3) is 22.4 Å². The molecule has 1 aromatic carbocycles. The molecule has 168 valence electrons. The number of aromatic nitrogens is 4. The quantitative estimate of drug-likeness (QED) is 0.442. The molecule has 32 heavy (non-hydrogen) atoms. The molecule has 3 heterocycles. The van der Waals surface area contributed by atoms with E-state index >= 15 is 0 Å². The molecule has 0 saturated carbocycles. The summed E-state index contributed by atoms with van der Waals surface area (Å²) in [5, 5.41) is 3.48. The highest BCUT2D eigenvalue weighted by atomic mass is 32.2. The number of aryl methyl sites for hydroxylation is 2. The van der Waals surface area contributed by atoms with Crippen LogP contribution in [0.5, 0.6) is 0 Å². The maximum absolute atomic E-state index is 12.9. The number of hydrogen-bond donors (Lipinski definition) is 1. The van der Waals surface area contributed by atoms with Gasteiger partial charge in [0.15, 0.2) is 11.5 Å². The standard InChI is InChI=1S/C22H25N5O4S/c1-13-7-4-5-9-15(13)18-24-19-17(21(29)27(3)22(30)26(19)2)20(25-18)32-12-16(28)23-11-14-8-6-10-31-14/h4-5,7,9,14H,6,8,10-12H2,1-3H3,(H,23,28)/t14-/m0/s1. The first kappa shape index (κ1) is 22.2. The molecule has 2 aromatic heterocycles. The van der Waals surface area contributed by atoms with Crippen LogP contribution in [-0.2, 0) is 23.6 Å². The van der Waals surface area contributed by atoms with Crippen LogP contribution in [-0.4, -0.2) is 50.0 Å². The van der Waals surface area contributed by atoms with Crippen LogP contribution in [0, 0.1) is 6.92 Å². The first-order valence-electron chi connectivity index (χ1n) is 10.4. The molecular weight excluding hydrogens is 430 g/mol. The third-order valence-corrected chi connectivity index (χ3v) is 6.52. The molecule has 0 radical (unpaired) electrons. The van der Waals surface area contributed by atoms with Gasteiger partial charge in [-0.2, -0.15) is 0 Å². The largest absolute Gasteiger partial charge is 0.376 e. The van der Waals surface area contributed by atoms with Gasteiger partial charge in [-0.25, -0.2) is 14.8 Å². The first-order valence-corrected chi connectivity index (χ1v) is 11.4. The van der Waals surface area contributed by atoms with Crippen molar-refractivity contribution in [3.8, 4) is 11.4 Å². The molecule has 1 aliphatic rings. The minimum Gasteiger partial charge on any atom is -0.376 e.